The zero-order valence-electron chi connectivity index (χ0n) is 4.34. The third kappa shape index (κ3) is 1.99. The number of halogens is 1. The highest BCUT2D eigenvalue weighted by atomic mass is 35.5. The lowest BCUT2D eigenvalue weighted by molar-refractivity contribution is 1.71. The second kappa shape index (κ2) is 3.50. The van der Waals surface area contributed by atoms with Crippen molar-refractivity contribution < 1.29 is 0 Å². The van der Waals surface area contributed by atoms with Gasteiger partial charge in [0.15, 0.2) is 0 Å². The smallest absolute Gasteiger partial charge is 0.0405 e. The highest BCUT2D eigenvalue weighted by molar-refractivity contribution is 6.30. The minimum atomic E-state index is 0. The van der Waals surface area contributed by atoms with E-state index in [1.165, 1.54) is 0 Å². The van der Waals surface area contributed by atoms with Gasteiger partial charge in [-0.15, -0.1) is 0 Å². The van der Waals surface area contributed by atoms with E-state index in [4.69, 9.17) is 11.6 Å². The Kier molecular flexibility index (Phi) is 3.29. The summed E-state index contributed by atoms with van der Waals surface area (Å²) in [6, 6.07) is 9.44. The van der Waals surface area contributed by atoms with E-state index in [2.05, 4.69) is 0 Å². The summed E-state index contributed by atoms with van der Waals surface area (Å²) >= 11 is 5.54. The average Bonchev–Trinajstić information content (AvgIpc) is 1.69. The summed E-state index contributed by atoms with van der Waals surface area (Å²) in [7, 11) is 0. The van der Waals surface area contributed by atoms with Crippen LogP contribution in [0.3, 0.4) is 0 Å². The molecule has 0 aromatic heterocycles. The van der Waals surface area contributed by atoms with Crippen molar-refractivity contribution in [2.75, 3.05) is 0 Å². The van der Waals surface area contributed by atoms with Crippen LogP contribution in [0.1, 0.15) is 0 Å². The topological polar surface area (TPSA) is 0 Å². The Bertz CT molecular complexity index is 134. The van der Waals surface area contributed by atoms with Gasteiger partial charge in [0.25, 0.3) is 0 Å². The quantitative estimate of drug-likeness (QED) is 0.500. The van der Waals surface area contributed by atoms with Gasteiger partial charge in [0.1, 0.15) is 0 Å². The maximum absolute atomic E-state index is 5.54. The second-order valence-corrected chi connectivity index (χ2v) is 1.73. The first-order valence-electron chi connectivity index (χ1n) is 2.10. The van der Waals surface area contributed by atoms with Crippen LogP contribution < -0.4 is 0 Å². The summed E-state index contributed by atoms with van der Waals surface area (Å²) < 4.78 is 0. The van der Waals surface area contributed by atoms with Gasteiger partial charge in [-0.3, -0.25) is 0 Å². The molecule has 0 spiro atoms. The van der Waals surface area contributed by atoms with Gasteiger partial charge in [0.05, 0.1) is 0 Å². The summed E-state index contributed by atoms with van der Waals surface area (Å²) in [5, 5.41) is 0.794. The molecule has 0 atom stereocenters. The molecule has 0 nitrogen and oxygen atoms in total. The van der Waals surface area contributed by atoms with Crippen LogP contribution in [0.15, 0.2) is 30.3 Å². The van der Waals surface area contributed by atoms with Gasteiger partial charge in [-0.1, -0.05) is 29.8 Å². The Morgan fingerprint density at radius 2 is 1.50 bits per heavy atom. The van der Waals surface area contributed by atoms with Crippen LogP contribution in [0.2, 0.25) is 5.02 Å². The van der Waals surface area contributed by atoms with Crippen molar-refractivity contribution in [2.45, 2.75) is 0 Å². The lowest BCUT2D eigenvalue weighted by Crippen LogP contribution is -1.55. The van der Waals surface area contributed by atoms with Gasteiger partial charge in [0.2, 0.25) is 0 Å². The largest absolute Gasteiger partial charge is 0.0843 e. The predicted octanol–water partition coefficient (Wildman–Crippen LogP) is 2.54. The molecule has 1 rings (SSSR count). The van der Waals surface area contributed by atoms with Crippen molar-refractivity contribution >= 4 is 11.6 Å². The van der Waals surface area contributed by atoms with E-state index >= 15 is 0 Å². The van der Waals surface area contributed by atoms with Crippen LogP contribution in [-0.2, 0) is 0 Å². The van der Waals surface area contributed by atoms with Gasteiger partial charge in [-0.25, -0.2) is 0 Å². The molecule has 0 saturated carbocycles. The minimum Gasteiger partial charge on any atom is -0.0843 e. The third-order valence-corrected chi connectivity index (χ3v) is 0.985. The van der Waals surface area contributed by atoms with E-state index in [-0.39, 0.29) is 7.43 Å². The van der Waals surface area contributed by atoms with Gasteiger partial charge >= 0.3 is 0 Å². The molecule has 3 radical (unpaired) electrons. The van der Waals surface area contributed by atoms with Crippen LogP contribution in [0.25, 0.3) is 0 Å². The predicted molar refractivity (Wildman–Crippen MR) is 35.8 cm³/mol. The van der Waals surface area contributed by atoms with Crippen LogP contribution >= 0.6 is 11.6 Å². The third-order valence-electron chi connectivity index (χ3n) is 0.733. The maximum Gasteiger partial charge on any atom is 0.0405 e. The normalized spacial score (nSPS) is 7.62. The monoisotopic (exact) mass is 125 g/mol. The first kappa shape index (κ1) is 7.51. The molecule has 0 fully saturated rings. The summed E-state index contributed by atoms with van der Waals surface area (Å²) in [5.74, 6) is 0. The Balaban J connectivity index is 0.000000490. The van der Waals surface area contributed by atoms with E-state index in [9.17, 15) is 0 Å². The van der Waals surface area contributed by atoms with Crippen LogP contribution in [-0.4, -0.2) is 0 Å². The lowest BCUT2D eigenvalue weighted by atomic mass is 10.4. The molecule has 0 aliphatic rings. The number of benzene rings is 1. The molecule has 0 bridgehead atoms. The SMILES string of the molecule is Clc1ccccc1.[CH]. The Hall–Kier alpha value is -0.490. The molecule has 0 aliphatic heterocycles. The van der Waals surface area contributed by atoms with Crippen LogP contribution in [0.5, 0.6) is 0 Å². The van der Waals surface area contributed by atoms with Crippen molar-refractivity contribution in [3.63, 3.8) is 0 Å². The van der Waals surface area contributed by atoms with E-state index in [1.54, 1.807) is 0 Å². The number of rotatable bonds is 0. The second-order valence-electron chi connectivity index (χ2n) is 1.30. The van der Waals surface area contributed by atoms with Crippen LogP contribution in [0.4, 0.5) is 0 Å². The van der Waals surface area contributed by atoms with Crippen LogP contribution in [0, 0.1) is 7.43 Å². The Morgan fingerprint density at radius 3 is 1.75 bits per heavy atom. The van der Waals surface area contributed by atoms with Gasteiger partial charge in [0, 0.05) is 5.02 Å². The van der Waals surface area contributed by atoms with E-state index in [0.29, 0.717) is 0 Å². The molecule has 0 heterocycles. The first-order valence-corrected chi connectivity index (χ1v) is 2.48. The molecule has 0 amide bonds. The molecule has 0 aliphatic carbocycles. The molecule has 1 aromatic carbocycles. The number of hydrogen-bond donors (Lipinski definition) is 0. The number of hydrogen-bond acceptors (Lipinski definition) is 0. The summed E-state index contributed by atoms with van der Waals surface area (Å²) in [6.45, 7) is 0. The van der Waals surface area contributed by atoms with Crippen molar-refractivity contribution in [3.05, 3.63) is 42.8 Å². The van der Waals surface area contributed by atoms with E-state index in [0.717, 1.165) is 5.02 Å². The van der Waals surface area contributed by atoms with Crippen molar-refractivity contribution in [1.82, 2.24) is 0 Å². The molecule has 1 aromatic rings. The van der Waals surface area contributed by atoms with Crippen molar-refractivity contribution in [1.29, 1.82) is 0 Å². The molecule has 41 valence electrons. The minimum absolute atomic E-state index is 0. The molecule has 8 heavy (non-hydrogen) atoms. The van der Waals surface area contributed by atoms with Gasteiger partial charge in [-0.05, 0) is 19.6 Å². The highest BCUT2D eigenvalue weighted by Gasteiger charge is 1.74. The fourth-order valence-corrected chi connectivity index (χ4v) is 0.560. The van der Waals surface area contributed by atoms with E-state index in [1.807, 2.05) is 30.3 Å². The fraction of sp³-hybridized carbons (Fsp3) is 0. The standard InChI is InChI=1S/C6H5Cl.CH/c7-6-4-2-1-3-5-6;/h1-5H;1H. The van der Waals surface area contributed by atoms with Gasteiger partial charge in [-0.2, -0.15) is 0 Å². The molecule has 0 unspecified atom stereocenters. The highest BCUT2D eigenvalue weighted by Crippen LogP contribution is 2.03. The molecule has 1 heteroatoms. The maximum atomic E-state index is 5.54. The molecular weight excluding hydrogens is 120 g/mol. The summed E-state index contributed by atoms with van der Waals surface area (Å²) in [6.07, 6.45) is 0. The zero-order valence-corrected chi connectivity index (χ0v) is 5.10. The van der Waals surface area contributed by atoms with Crippen molar-refractivity contribution in [3.8, 4) is 0 Å². The van der Waals surface area contributed by atoms with Crippen molar-refractivity contribution in [2.24, 2.45) is 0 Å². The lowest BCUT2D eigenvalue weighted by Gasteiger charge is -1.80. The zero-order chi connectivity index (χ0) is 5.11. The fourth-order valence-electron chi connectivity index (χ4n) is 0.415. The van der Waals surface area contributed by atoms with Gasteiger partial charge < -0.3 is 0 Å². The average molecular weight is 126 g/mol. The van der Waals surface area contributed by atoms with E-state index < -0.39 is 0 Å². The molecular formula is C7H6Cl. The molecule has 0 N–H and O–H groups in total. The summed E-state index contributed by atoms with van der Waals surface area (Å²) in [4.78, 5) is 0. The first-order chi connectivity index (χ1) is 3.39. The Morgan fingerprint density at radius 1 is 1.00 bits per heavy atom. The Labute approximate surface area is 55.1 Å². The summed E-state index contributed by atoms with van der Waals surface area (Å²) in [5.41, 5.74) is 0. The molecule has 0 saturated heterocycles.